The van der Waals surface area contributed by atoms with E-state index in [-0.39, 0.29) is 25.2 Å². The van der Waals surface area contributed by atoms with Crippen LogP contribution in [0.4, 0.5) is 0 Å². The predicted octanol–water partition coefficient (Wildman–Crippen LogP) is 13.4. The van der Waals surface area contributed by atoms with Crippen molar-refractivity contribution >= 4 is 11.9 Å². The van der Waals surface area contributed by atoms with Crippen LogP contribution in [0.15, 0.2) is 48.6 Å². The van der Waals surface area contributed by atoms with Crippen molar-refractivity contribution in [2.75, 3.05) is 13.2 Å². The predicted molar refractivity (Wildman–Crippen MR) is 214 cm³/mol. The van der Waals surface area contributed by atoms with E-state index in [2.05, 4.69) is 62.5 Å². The molecule has 0 aromatic heterocycles. The highest BCUT2D eigenvalue weighted by molar-refractivity contribution is 5.70. The number of hydrogen-bond acceptors (Lipinski definition) is 5. The Morgan fingerprint density at radius 1 is 0.480 bits per heavy atom. The smallest absolute Gasteiger partial charge is 0.306 e. The van der Waals surface area contributed by atoms with E-state index in [0.717, 1.165) is 64.2 Å². The van der Waals surface area contributed by atoms with Crippen molar-refractivity contribution in [2.45, 2.75) is 213 Å². The second kappa shape index (κ2) is 41.3. The molecule has 1 atom stereocenters. The summed E-state index contributed by atoms with van der Waals surface area (Å²) in [6.45, 7) is 4.00. The fraction of sp³-hybridized carbons (Fsp3) is 0.778. The molecule has 5 nitrogen and oxygen atoms in total. The third kappa shape index (κ3) is 38.7. The van der Waals surface area contributed by atoms with Crippen molar-refractivity contribution in [2.24, 2.45) is 0 Å². The van der Waals surface area contributed by atoms with Crippen LogP contribution in [0, 0.1) is 0 Å². The van der Waals surface area contributed by atoms with Crippen molar-refractivity contribution in [1.29, 1.82) is 0 Å². The highest BCUT2D eigenvalue weighted by atomic mass is 16.6. The van der Waals surface area contributed by atoms with Gasteiger partial charge in [-0.1, -0.05) is 191 Å². The number of allylic oxidation sites excluding steroid dienone is 8. The molecular formula is C45H80O5. The van der Waals surface area contributed by atoms with Gasteiger partial charge in [-0.25, -0.2) is 0 Å². The molecule has 0 rings (SSSR count). The summed E-state index contributed by atoms with van der Waals surface area (Å²) in [5, 5.41) is 9.56. The van der Waals surface area contributed by atoms with Crippen LogP contribution in [0.2, 0.25) is 0 Å². The van der Waals surface area contributed by atoms with E-state index in [9.17, 15) is 14.7 Å². The Morgan fingerprint density at radius 3 is 1.30 bits per heavy atom. The normalized spacial score (nSPS) is 12.6. The van der Waals surface area contributed by atoms with Crippen molar-refractivity contribution < 1.29 is 24.2 Å². The summed E-state index contributed by atoms with van der Waals surface area (Å²) in [4.78, 5) is 24.3. The van der Waals surface area contributed by atoms with Gasteiger partial charge in [0, 0.05) is 12.8 Å². The number of ether oxygens (including phenoxy) is 2. The molecule has 0 aliphatic carbocycles. The first-order valence-electron chi connectivity index (χ1n) is 21.2. The summed E-state index contributed by atoms with van der Waals surface area (Å²) in [6.07, 6.45) is 51.9. The van der Waals surface area contributed by atoms with Crippen LogP contribution in [-0.2, 0) is 19.1 Å². The zero-order valence-electron chi connectivity index (χ0n) is 32.9. The topological polar surface area (TPSA) is 72.8 Å². The first-order chi connectivity index (χ1) is 24.6. The van der Waals surface area contributed by atoms with Crippen molar-refractivity contribution in [1.82, 2.24) is 0 Å². The molecule has 5 heteroatoms. The van der Waals surface area contributed by atoms with Gasteiger partial charge in [-0.3, -0.25) is 9.59 Å². The number of esters is 2. The lowest BCUT2D eigenvalue weighted by molar-refractivity contribution is -0.161. The van der Waals surface area contributed by atoms with Crippen LogP contribution < -0.4 is 0 Å². The van der Waals surface area contributed by atoms with Crippen LogP contribution in [-0.4, -0.2) is 36.4 Å². The molecule has 0 aliphatic heterocycles. The van der Waals surface area contributed by atoms with E-state index in [1.54, 1.807) is 0 Å². The molecule has 0 aliphatic rings. The van der Waals surface area contributed by atoms with Crippen molar-refractivity contribution in [3.8, 4) is 0 Å². The van der Waals surface area contributed by atoms with Crippen LogP contribution >= 0.6 is 0 Å². The van der Waals surface area contributed by atoms with Gasteiger partial charge < -0.3 is 14.6 Å². The monoisotopic (exact) mass is 701 g/mol. The number of carbonyl (C=O) groups is 2. The van der Waals surface area contributed by atoms with Gasteiger partial charge in [0.2, 0.25) is 0 Å². The molecule has 0 saturated carbocycles. The fourth-order valence-electron chi connectivity index (χ4n) is 5.96. The summed E-state index contributed by atoms with van der Waals surface area (Å²) in [7, 11) is 0. The highest BCUT2D eigenvalue weighted by Gasteiger charge is 2.16. The van der Waals surface area contributed by atoms with E-state index in [0.29, 0.717) is 12.8 Å². The Hall–Kier alpha value is -2.14. The third-order valence-corrected chi connectivity index (χ3v) is 9.14. The van der Waals surface area contributed by atoms with Gasteiger partial charge in [0.05, 0.1) is 6.61 Å². The third-order valence-electron chi connectivity index (χ3n) is 9.14. The Labute approximate surface area is 309 Å². The molecule has 1 unspecified atom stereocenters. The molecule has 50 heavy (non-hydrogen) atoms. The van der Waals surface area contributed by atoms with Gasteiger partial charge in [-0.15, -0.1) is 0 Å². The van der Waals surface area contributed by atoms with Gasteiger partial charge in [-0.2, -0.15) is 0 Å². The molecule has 0 saturated heterocycles. The molecule has 0 radical (unpaired) electrons. The van der Waals surface area contributed by atoms with Gasteiger partial charge in [0.1, 0.15) is 6.61 Å². The molecule has 0 aromatic carbocycles. The number of unbranched alkanes of at least 4 members (excludes halogenated alkanes) is 22. The summed E-state index contributed by atoms with van der Waals surface area (Å²) < 4.78 is 10.6. The average molecular weight is 701 g/mol. The second-order valence-corrected chi connectivity index (χ2v) is 14.0. The zero-order chi connectivity index (χ0) is 36.4. The Morgan fingerprint density at radius 2 is 0.860 bits per heavy atom. The quantitative estimate of drug-likeness (QED) is 0.0394. The molecule has 1 N–H and O–H groups in total. The molecule has 0 fully saturated rings. The highest BCUT2D eigenvalue weighted by Crippen LogP contribution is 2.15. The SMILES string of the molecule is CC/C=C\C/C=C\C/C=C\C/C=C\CCCCC(=O)OC(CO)COC(=O)CCCCCCCCCCCCCCCCCCCCCCC. The molecule has 0 spiro atoms. The van der Waals surface area contributed by atoms with E-state index in [1.165, 1.54) is 116 Å². The maximum Gasteiger partial charge on any atom is 0.306 e. The molecule has 0 amide bonds. The standard InChI is InChI=1S/C45H80O5/c1-3-5-7-9-11-13-15-17-19-20-21-22-23-24-26-27-29-31-33-35-37-39-44(47)49-42-43(41-46)50-45(48)40-38-36-34-32-30-28-25-18-16-14-12-10-8-6-4-2/h6,8,12,14,18,25,30,32,43,46H,3-5,7,9-11,13,15-17,19-24,26-29,31,33-42H2,1-2H3/b8-6-,14-12-,25-18-,32-30-. The summed E-state index contributed by atoms with van der Waals surface area (Å²) >= 11 is 0. The van der Waals surface area contributed by atoms with Crippen LogP contribution in [0.3, 0.4) is 0 Å². The molecular weight excluding hydrogens is 620 g/mol. The van der Waals surface area contributed by atoms with Crippen LogP contribution in [0.25, 0.3) is 0 Å². The summed E-state index contributed by atoms with van der Waals surface area (Å²) in [5.41, 5.74) is 0. The van der Waals surface area contributed by atoms with Crippen LogP contribution in [0.5, 0.6) is 0 Å². The van der Waals surface area contributed by atoms with Gasteiger partial charge in [-0.05, 0) is 51.4 Å². The van der Waals surface area contributed by atoms with Gasteiger partial charge in [0.25, 0.3) is 0 Å². The van der Waals surface area contributed by atoms with E-state index >= 15 is 0 Å². The Bertz CT molecular complexity index is 842. The maximum atomic E-state index is 12.2. The lowest BCUT2D eigenvalue weighted by Crippen LogP contribution is -2.28. The van der Waals surface area contributed by atoms with Crippen LogP contribution in [0.1, 0.15) is 206 Å². The lowest BCUT2D eigenvalue weighted by atomic mass is 10.0. The number of hydrogen-bond donors (Lipinski definition) is 1. The average Bonchev–Trinajstić information content (AvgIpc) is 3.12. The van der Waals surface area contributed by atoms with E-state index in [1.807, 2.05) is 0 Å². The Balaban J connectivity index is 3.55. The first-order valence-corrected chi connectivity index (χ1v) is 21.2. The number of aliphatic hydroxyl groups excluding tert-OH is 1. The molecule has 0 bridgehead atoms. The number of aliphatic hydroxyl groups is 1. The number of rotatable bonds is 38. The second-order valence-electron chi connectivity index (χ2n) is 14.0. The van der Waals surface area contributed by atoms with E-state index < -0.39 is 6.10 Å². The summed E-state index contributed by atoms with van der Waals surface area (Å²) in [5.74, 6) is -0.634. The Kier molecular flexibility index (Phi) is 39.5. The van der Waals surface area contributed by atoms with Crippen molar-refractivity contribution in [3.63, 3.8) is 0 Å². The lowest BCUT2D eigenvalue weighted by Gasteiger charge is -2.15. The van der Waals surface area contributed by atoms with Crippen molar-refractivity contribution in [3.05, 3.63) is 48.6 Å². The fourth-order valence-corrected chi connectivity index (χ4v) is 5.96. The van der Waals surface area contributed by atoms with Gasteiger partial charge in [0.15, 0.2) is 6.10 Å². The molecule has 0 aromatic rings. The minimum absolute atomic E-state index is 0.0811. The number of carbonyl (C=O) groups excluding carboxylic acids is 2. The largest absolute Gasteiger partial charge is 0.462 e. The maximum absolute atomic E-state index is 12.2. The molecule has 290 valence electrons. The van der Waals surface area contributed by atoms with E-state index in [4.69, 9.17) is 9.47 Å². The summed E-state index contributed by atoms with van der Waals surface area (Å²) in [6, 6.07) is 0. The zero-order valence-corrected chi connectivity index (χ0v) is 32.9. The van der Waals surface area contributed by atoms with Gasteiger partial charge >= 0.3 is 11.9 Å². The minimum atomic E-state index is -0.791. The molecule has 0 heterocycles. The first kappa shape index (κ1) is 47.9. The minimum Gasteiger partial charge on any atom is -0.462 e.